The molecule has 0 saturated heterocycles. The Bertz CT molecular complexity index is 366. The Morgan fingerprint density at radius 2 is 1.83 bits per heavy atom. The van der Waals surface area contributed by atoms with Gasteiger partial charge in [-0.25, -0.2) is 0 Å². The van der Waals surface area contributed by atoms with E-state index in [0.717, 1.165) is 30.8 Å². The van der Waals surface area contributed by atoms with Gasteiger partial charge in [0.05, 0.1) is 13.2 Å². The van der Waals surface area contributed by atoms with Gasteiger partial charge in [0.15, 0.2) is 11.5 Å². The highest BCUT2D eigenvalue weighted by atomic mass is 16.5. The molecule has 0 aliphatic heterocycles. The molecular weight excluding hydrogens is 228 g/mol. The van der Waals surface area contributed by atoms with Crippen LogP contribution in [-0.2, 0) is 0 Å². The van der Waals surface area contributed by atoms with Crippen LogP contribution < -0.4 is 9.47 Å². The van der Waals surface area contributed by atoms with Crippen LogP contribution in [0.4, 0.5) is 0 Å². The van der Waals surface area contributed by atoms with Crippen molar-refractivity contribution < 1.29 is 14.6 Å². The largest absolute Gasteiger partial charge is 0.490 e. The summed E-state index contributed by atoms with van der Waals surface area (Å²) in [6.45, 7) is 3.53. The molecule has 1 N–H and O–H groups in total. The van der Waals surface area contributed by atoms with Gasteiger partial charge in [-0.2, -0.15) is 0 Å². The maximum atomic E-state index is 9.39. The SMILES string of the molecule is CCOc1ccccc1OCCC1(CO)CCC1. The zero-order valence-corrected chi connectivity index (χ0v) is 11.0. The Morgan fingerprint density at radius 1 is 1.17 bits per heavy atom. The third-order valence-corrected chi connectivity index (χ3v) is 3.79. The number of aliphatic hydroxyl groups is 1. The summed E-state index contributed by atoms with van der Waals surface area (Å²) in [6, 6.07) is 7.74. The van der Waals surface area contributed by atoms with E-state index >= 15 is 0 Å². The zero-order chi connectivity index (χ0) is 12.8. The van der Waals surface area contributed by atoms with E-state index in [1.807, 2.05) is 31.2 Å². The van der Waals surface area contributed by atoms with Gasteiger partial charge in [-0.05, 0) is 43.7 Å². The molecular formula is C15H22O3. The van der Waals surface area contributed by atoms with Crippen LogP contribution in [0.5, 0.6) is 11.5 Å². The second-order valence-electron chi connectivity index (χ2n) is 4.99. The van der Waals surface area contributed by atoms with Crippen molar-refractivity contribution in [2.45, 2.75) is 32.6 Å². The molecule has 3 nitrogen and oxygen atoms in total. The molecule has 0 bridgehead atoms. The van der Waals surface area contributed by atoms with Crippen molar-refractivity contribution in [1.29, 1.82) is 0 Å². The molecule has 3 heteroatoms. The van der Waals surface area contributed by atoms with Gasteiger partial charge in [0, 0.05) is 6.61 Å². The highest BCUT2D eigenvalue weighted by Gasteiger charge is 2.35. The van der Waals surface area contributed by atoms with Crippen molar-refractivity contribution in [3.05, 3.63) is 24.3 Å². The molecule has 0 unspecified atom stereocenters. The Kier molecular flexibility index (Phi) is 4.48. The number of aliphatic hydroxyl groups excluding tert-OH is 1. The Hall–Kier alpha value is -1.22. The average molecular weight is 250 g/mol. The molecule has 1 aliphatic carbocycles. The summed E-state index contributed by atoms with van der Waals surface area (Å²) in [4.78, 5) is 0. The van der Waals surface area contributed by atoms with Gasteiger partial charge in [-0.15, -0.1) is 0 Å². The zero-order valence-electron chi connectivity index (χ0n) is 11.0. The van der Waals surface area contributed by atoms with Crippen LogP contribution in [0.1, 0.15) is 32.6 Å². The summed E-state index contributed by atoms with van der Waals surface area (Å²) in [5, 5.41) is 9.39. The molecule has 0 aromatic heterocycles. The normalized spacial score (nSPS) is 17.0. The maximum Gasteiger partial charge on any atom is 0.161 e. The van der Waals surface area contributed by atoms with Crippen molar-refractivity contribution in [2.24, 2.45) is 5.41 Å². The predicted molar refractivity (Wildman–Crippen MR) is 71.1 cm³/mol. The van der Waals surface area contributed by atoms with E-state index in [1.165, 1.54) is 6.42 Å². The lowest BCUT2D eigenvalue weighted by Crippen LogP contribution is -2.34. The fourth-order valence-corrected chi connectivity index (χ4v) is 2.39. The number of hydrogen-bond acceptors (Lipinski definition) is 3. The third kappa shape index (κ3) is 2.96. The van der Waals surface area contributed by atoms with E-state index < -0.39 is 0 Å². The second kappa shape index (κ2) is 6.10. The van der Waals surface area contributed by atoms with Crippen LogP contribution in [0.3, 0.4) is 0 Å². The number of rotatable bonds is 7. The molecule has 0 amide bonds. The van der Waals surface area contributed by atoms with E-state index in [-0.39, 0.29) is 12.0 Å². The highest BCUT2D eigenvalue weighted by molar-refractivity contribution is 5.39. The number of ether oxygens (including phenoxy) is 2. The highest BCUT2D eigenvalue weighted by Crippen LogP contribution is 2.43. The van der Waals surface area contributed by atoms with Crippen LogP contribution in [0.15, 0.2) is 24.3 Å². The lowest BCUT2D eigenvalue weighted by molar-refractivity contribution is 0.0232. The van der Waals surface area contributed by atoms with E-state index in [9.17, 15) is 5.11 Å². The summed E-state index contributed by atoms with van der Waals surface area (Å²) < 4.78 is 11.3. The van der Waals surface area contributed by atoms with E-state index in [4.69, 9.17) is 9.47 Å². The first-order valence-corrected chi connectivity index (χ1v) is 6.75. The molecule has 0 atom stereocenters. The number of hydrogen-bond donors (Lipinski definition) is 1. The first kappa shape index (κ1) is 13.2. The van der Waals surface area contributed by atoms with Crippen molar-refractivity contribution in [1.82, 2.24) is 0 Å². The quantitative estimate of drug-likeness (QED) is 0.808. The van der Waals surface area contributed by atoms with Crippen LogP contribution in [-0.4, -0.2) is 24.9 Å². The van der Waals surface area contributed by atoms with Gasteiger partial charge >= 0.3 is 0 Å². The van der Waals surface area contributed by atoms with Crippen LogP contribution >= 0.6 is 0 Å². The third-order valence-electron chi connectivity index (χ3n) is 3.79. The molecule has 1 aromatic carbocycles. The Morgan fingerprint density at radius 3 is 2.33 bits per heavy atom. The molecule has 2 rings (SSSR count). The minimum atomic E-state index is 0.126. The maximum absolute atomic E-state index is 9.39. The predicted octanol–water partition coefficient (Wildman–Crippen LogP) is 3.02. The lowest BCUT2D eigenvalue weighted by atomic mass is 9.67. The van der Waals surface area contributed by atoms with Gasteiger partial charge in [-0.1, -0.05) is 18.6 Å². The van der Waals surface area contributed by atoms with E-state index in [0.29, 0.717) is 13.2 Å². The van der Waals surface area contributed by atoms with Crippen LogP contribution in [0, 0.1) is 5.41 Å². The molecule has 0 spiro atoms. The van der Waals surface area contributed by atoms with E-state index in [2.05, 4.69) is 0 Å². The van der Waals surface area contributed by atoms with Crippen molar-refractivity contribution in [2.75, 3.05) is 19.8 Å². The second-order valence-corrected chi connectivity index (χ2v) is 4.99. The molecule has 1 aliphatic rings. The number of para-hydroxylation sites is 2. The average Bonchev–Trinajstić information content (AvgIpc) is 2.35. The summed E-state index contributed by atoms with van der Waals surface area (Å²) in [5.41, 5.74) is 0.126. The summed E-state index contributed by atoms with van der Waals surface area (Å²) in [5.74, 6) is 1.60. The van der Waals surface area contributed by atoms with Gasteiger partial charge < -0.3 is 14.6 Å². The van der Waals surface area contributed by atoms with Crippen molar-refractivity contribution in [3.8, 4) is 11.5 Å². The molecule has 0 radical (unpaired) electrons. The smallest absolute Gasteiger partial charge is 0.161 e. The fraction of sp³-hybridized carbons (Fsp3) is 0.600. The summed E-state index contributed by atoms with van der Waals surface area (Å²) in [7, 11) is 0. The summed E-state index contributed by atoms with van der Waals surface area (Å²) >= 11 is 0. The topological polar surface area (TPSA) is 38.7 Å². The molecule has 1 aromatic rings. The minimum absolute atomic E-state index is 0.126. The molecule has 100 valence electrons. The van der Waals surface area contributed by atoms with E-state index in [1.54, 1.807) is 0 Å². The Balaban J connectivity index is 1.86. The van der Waals surface area contributed by atoms with Gasteiger partial charge in [0.1, 0.15) is 0 Å². The van der Waals surface area contributed by atoms with Crippen LogP contribution in [0.25, 0.3) is 0 Å². The first-order valence-electron chi connectivity index (χ1n) is 6.75. The van der Waals surface area contributed by atoms with Gasteiger partial charge in [-0.3, -0.25) is 0 Å². The molecule has 0 heterocycles. The summed E-state index contributed by atoms with van der Waals surface area (Å²) in [6.07, 6.45) is 4.40. The molecule has 1 fully saturated rings. The lowest BCUT2D eigenvalue weighted by Gasteiger charge is -2.40. The van der Waals surface area contributed by atoms with Gasteiger partial charge in [0.2, 0.25) is 0 Å². The molecule has 1 saturated carbocycles. The molecule has 18 heavy (non-hydrogen) atoms. The fourth-order valence-electron chi connectivity index (χ4n) is 2.39. The van der Waals surface area contributed by atoms with Crippen molar-refractivity contribution >= 4 is 0 Å². The Labute approximate surface area is 109 Å². The first-order chi connectivity index (χ1) is 8.79. The van der Waals surface area contributed by atoms with Crippen LogP contribution in [0.2, 0.25) is 0 Å². The van der Waals surface area contributed by atoms with Gasteiger partial charge in [0.25, 0.3) is 0 Å². The number of benzene rings is 1. The minimum Gasteiger partial charge on any atom is -0.490 e. The standard InChI is InChI=1S/C15H22O3/c1-2-17-13-6-3-4-7-14(13)18-11-10-15(12-16)8-5-9-15/h3-4,6-7,16H,2,5,8-12H2,1H3. The van der Waals surface area contributed by atoms with Crippen molar-refractivity contribution in [3.63, 3.8) is 0 Å². The monoisotopic (exact) mass is 250 g/mol.